The SMILES string of the molecule is Cc1nc(-c2ccccc2)c(CN2CCc3nc(-c4ccc(C(F)(F)F)cc4)ncc3C2)s1. The predicted molar refractivity (Wildman–Crippen MR) is 123 cm³/mol. The van der Waals surface area contributed by atoms with E-state index in [4.69, 9.17) is 4.98 Å². The number of nitrogens with zero attached hydrogens (tertiary/aromatic N) is 4. The molecule has 1 aliphatic heterocycles. The quantitative estimate of drug-likeness (QED) is 0.362. The van der Waals surface area contributed by atoms with Crippen molar-refractivity contribution in [1.29, 1.82) is 0 Å². The van der Waals surface area contributed by atoms with Gasteiger partial charge in [0.05, 0.1) is 22.0 Å². The van der Waals surface area contributed by atoms with Crippen molar-refractivity contribution in [1.82, 2.24) is 19.9 Å². The molecule has 3 heterocycles. The maximum atomic E-state index is 12.8. The second-order valence-corrected chi connectivity index (χ2v) is 9.36. The normalized spacial score (nSPS) is 14.3. The number of rotatable bonds is 4. The van der Waals surface area contributed by atoms with Crippen molar-refractivity contribution in [2.75, 3.05) is 6.54 Å². The van der Waals surface area contributed by atoms with Crippen LogP contribution >= 0.6 is 11.3 Å². The van der Waals surface area contributed by atoms with E-state index in [9.17, 15) is 13.2 Å². The Labute approximate surface area is 193 Å². The maximum Gasteiger partial charge on any atom is 0.416 e. The Balaban J connectivity index is 1.33. The highest BCUT2D eigenvalue weighted by atomic mass is 32.1. The summed E-state index contributed by atoms with van der Waals surface area (Å²) in [4.78, 5) is 17.5. The molecule has 0 N–H and O–H groups in total. The lowest BCUT2D eigenvalue weighted by Gasteiger charge is -2.27. The summed E-state index contributed by atoms with van der Waals surface area (Å²) in [5.74, 6) is 0.459. The summed E-state index contributed by atoms with van der Waals surface area (Å²) < 4.78 is 38.5. The Kier molecular flexibility index (Phi) is 5.72. The van der Waals surface area contributed by atoms with Gasteiger partial charge in [0, 0.05) is 53.8 Å². The number of hydrogen-bond acceptors (Lipinski definition) is 5. The first kappa shape index (κ1) is 21.7. The summed E-state index contributed by atoms with van der Waals surface area (Å²) in [6.45, 7) is 4.41. The third-order valence-corrected chi connectivity index (χ3v) is 6.66. The molecule has 1 aliphatic rings. The summed E-state index contributed by atoms with van der Waals surface area (Å²) in [6, 6.07) is 15.2. The Morgan fingerprint density at radius 1 is 0.970 bits per heavy atom. The van der Waals surface area contributed by atoms with Gasteiger partial charge in [-0.1, -0.05) is 42.5 Å². The molecule has 0 amide bonds. The van der Waals surface area contributed by atoms with Crippen LogP contribution in [0, 0.1) is 6.92 Å². The monoisotopic (exact) mass is 466 g/mol. The standard InChI is InChI=1S/C25H21F3N4S/c1-16-30-23(17-5-3-2-4-6-17)22(33-16)15-32-12-11-21-19(14-32)13-29-24(31-21)18-7-9-20(10-8-18)25(26,27)28/h2-10,13H,11-12,14-15H2,1H3. The molecule has 4 aromatic rings. The highest BCUT2D eigenvalue weighted by Crippen LogP contribution is 2.32. The van der Waals surface area contributed by atoms with Gasteiger partial charge in [0.15, 0.2) is 5.82 Å². The van der Waals surface area contributed by atoms with E-state index >= 15 is 0 Å². The topological polar surface area (TPSA) is 41.9 Å². The number of alkyl halides is 3. The molecule has 0 radical (unpaired) electrons. The first-order valence-electron chi connectivity index (χ1n) is 10.6. The minimum absolute atomic E-state index is 0.459. The molecule has 5 rings (SSSR count). The van der Waals surface area contributed by atoms with Gasteiger partial charge >= 0.3 is 6.18 Å². The summed E-state index contributed by atoms with van der Waals surface area (Å²) in [5.41, 5.74) is 4.09. The van der Waals surface area contributed by atoms with Crippen LogP contribution < -0.4 is 0 Å². The molecule has 0 aliphatic carbocycles. The number of benzene rings is 2. The average Bonchev–Trinajstić information content (AvgIpc) is 3.18. The molecule has 2 aromatic heterocycles. The first-order chi connectivity index (χ1) is 15.9. The van der Waals surface area contributed by atoms with Crippen LogP contribution in [-0.2, 0) is 25.7 Å². The molecule has 33 heavy (non-hydrogen) atoms. The van der Waals surface area contributed by atoms with Gasteiger partial charge in [-0.15, -0.1) is 11.3 Å². The average molecular weight is 467 g/mol. The molecule has 0 spiro atoms. The van der Waals surface area contributed by atoms with Crippen LogP contribution in [0.5, 0.6) is 0 Å². The molecule has 0 unspecified atom stereocenters. The fourth-order valence-electron chi connectivity index (χ4n) is 4.06. The van der Waals surface area contributed by atoms with Crippen LogP contribution in [0.1, 0.15) is 26.7 Å². The lowest BCUT2D eigenvalue weighted by molar-refractivity contribution is -0.137. The molecule has 0 saturated heterocycles. The lowest BCUT2D eigenvalue weighted by atomic mass is 10.1. The van der Waals surface area contributed by atoms with Crippen molar-refractivity contribution in [3.05, 3.63) is 87.5 Å². The molecule has 4 nitrogen and oxygen atoms in total. The smallest absolute Gasteiger partial charge is 0.293 e. The molecule has 8 heteroatoms. The van der Waals surface area contributed by atoms with Crippen molar-refractivity contribution in [2.45, 2.75) is 32.6 Å². The summed E-state index contributed by atoms with van der Waals surface area (Å²) in [6.07, 6.45) is -1.78. The first-order valence-corrected chi connectivity index (χ1v) is 11.4. The molecular weight excluding hydrogens is 445 g/mol. The Morgan fingerprint density at radius 3 is 2.45 bits per heavy atom. The van der Waals surface area contributed by atoms with Gasteiger partial charge in [-0.2, -0.15) is 13.2 Å². The summed E-state index contributed by atoms with van der Waals surface area (Å²) in [5, 5.41) is 1.05. The van der Waals surface area contributed by atoms with Crippen LogP contribution in [0.2, 0.25) is 0 Å². The van der Waals surface area contributed by atoms with Gasteiger partial charge in [-0.05, 0) is 19.1 Å². The van der Waals surface area contributed by atoms with E-state index in [1.165, 1.54) is 17.0 Å². The largest absolute Gasteiger partial charge is 0.416 e. The van der Waals surface area contributed by atoms with E-state index in [0.29, 0.717) is 11.4 Å². The molecule has 0 bridgehead atoms. The van der Waals surface area contributed by atoms with Gasteiger partial charge in [0.2, 0.25) is 0 Å². The van der Waals surface area contributed by atoms with Crippen molar-refractivity contribution < 1.29 is 13.2 Å². The van der Waals surface area contributed by atoms with Crippen LogP contribution in [0.3, 0.4) is 0 Å². The number of aromatic nitrogens is 3. The molecular formula is C25H21F3N4S. The van der Waals surface area contributed by atoms with Crippen LogP contribution in [0.25, 0.3) is 22.6 Å². The van der Waals surface area contributed by atoms with Crippen LogP contribution in [0.4, 0.5) is 13.2 Å². The minimum atomic E-state index is -4.35. The third-order valence-electron chi connectivity index (χ3n) is 5.70. The van der Waals surface area contributed by atoms with Crippen LogP contribution in [-0.4, -0.2) is 26.4 Å². The van der Waals surface area contributed by atoms with E-state index in [-0.39, 0.29) is 0 Å². The number of halogens is 3. The summed E-state index contributed by atoms with van der Waals surface area (Å²) in [7, 11) is 0. The Morgan fingerprint density at radius 2 is 1.73 bits per heavy atom. The molecule has 0 atom stereocenters. The second kappa shape index (κ2) is 8.68. The molecule has 0 saturated carbocycles. The van der Waals surface area contributed by atoms with E-state index in [1.807, 2.05) is 25.1 Å². The number of aryl methyl sites for hydroxylation is 1. The van der Waals surface area contributed by atoms with E-state index in [0.717, 1.165) is 65.7 Å². The van der Waals surface area contributed by atoms with E-state index < -0.39 is 11.7 Å². The van der Waals surface area contributed by atoms with Gasteiger partial charge in [-0.3, -0.25) is 4.90 Å². The van der Waals surface area contributed by atoms with Gasteiger partial charge in [0.1, 0.15) is 0 Å². The zero-order valence-electron chi connectivity index (χ0n) is 17.9. The Bertz CT molecular complexity index is 1270. The number of fused-ring (bicyclic) bond motifs is 1. The van der Waals surface area contributed by atoms with Gasteiger partial charge < -0.3 is 0 Å². The third kappa shape index (κ3) is 4.67. The minimum Gasteiger partial charge on any atom is -0.293 e. The van der Waals surface area contributed by atoms with Crippen LogP contribution in [0.15, 0.2) is 60.8 Å². The highest BCUT2D eigenvalue weighted by molar-refractivity contribution is 7.12. The fourth-order valence-corrected chi connectivity index (χ4v) is 5.06. The van der Waals surface area contributed by atoms with Crippen molar-refractivity contribution in [3.8, 4) is 22.6 Å². The van der Waals surface area contributed by atoms with Gasteiger partial charge in [0.25, 0.3) is 0 Å². The van der Waals surface area contributed by atoms with Crippen molar-refractivity contribution >= 4 is 11.3 Å². The van der Waals surface area contributed by atoms with E-state index in [2.05, 4.69) is 27.0 Å². The zero-order chi connectivity index (χ0) is 23.0. The lowest BCUT2D eigenvalue weighted by Crippen LogP contribution is -2.30. The molecule has 2 aromatic carbocycles. The number of hydrogen-bond donors (Lipinski definition) is 0. The van der Waals surface area contributed by atoms with E-state index in [1.54, 1.807) is 17.5 Å². The molecule has 0 fully saturated rings. The maximum absolute atomic E-state index is 12.8. The predicted octanol–water partition coefficient (Wildman–Crippen LogP) is 6.15. The van der Waals surface area contributed by atoms with Gasteiger partial charge in [-0.25, -0.2) is 15.0 Å². The Hall–Kier alpha value is -3.10. The zero-order valence-corrected chi connectivity index (χ0v) is 18.7. The second-order valence-electron chi connectivity index (χ2n) is 8.07. The van der Waals surface area contributed by atoms with Crippen molar-refractivity contribution in [2.24, 2.45) is 0 Å². The van der Waals surface area contributed by atoms with Crippen molar-refractivity contribution in [3.63, 3.8) is 0 Å². The highest BCUT2D eigenvalue weighted by Gasteiger charge is 2.30. The molecule has 168 valence electrons. The fraction of sp³-hybridized carbons (Fsp3) is 0.240. The number of thiazole rings is 1. The summed E-state index contributed by atoms with van der Waals surface area (Å²) >= 11 is 1.72.